The molecule has 0 fully saturated rings. The van der Waals surface area contributed by atoms with E-state index >= 15 is 0 Å². The molecule has 0 atom stereocenters. The number of anilines is 1. The summed E-state index contributed by atoms with van der Waals surface area (Å²) in [7, 11) is 3.34. The van der Waals surface area contributed by atoms with Crippen LogP contribution in [0.1, 0.15) is 27.6 Å². The maximum atomic E-state index is 12.6. The van der Waals surface area contributed by atoms with Gasteiger partial charge >= 0.3 is 0 Å². The van der Waals surface area contributed by atoms with Crippen molar-refractivity contribution in [2.24, 2.45) is 0 Å². The van der Waals surface area contributed by atoms with Crippen LogP contribution in [0.15, 0.2) is 46.9 Å². The van der Waals surface area contributed by atoms with Crippen LogP contribution in [-0.2, 0) is 0 Å². The zero-order valence-electron chi connectivity index (χ0n) is 15.2. The number of thiocarbonyl (C=S) groups is 1. The van der Waals surface area contributed by atoms with Crippen LogP contribution in [-0.4, -0.2) is 42.5 Å². The Morgan fingerprint density at radius 1 is 1.15 bits per heavy atom. The number of para-hydroxylation sites is 1. The van der Waals surface area contributed by atoms with E-state index < -0.39 is 5.91 Å². The zero-order valence-corrected chi connectivity index (χ0v) is 17.6. The van der Waals surface area contributed by atoms with Crippen molar-refractivity contribution in [3.05, 3.63) is 58.1 Å². The van der Waals surface area contributed by atoms with Crippen molar-refractivity contribution in [2.75, 3.05) is 26.0 Å². The second kappa shape index (κ2) is 9.48. The van der Waals surface area contributed by atoms with E-state index in [-0.39, 0.29) is 11.0 Å². The lowest BCUT2D eigenvalue weighted by Crippen LogP contribution is -2.35. The molecule has 0 radical (unpaired) electrons. The summed E-state index contributed by atoms with van der Waals surface area (Å²) in [6.45, 7) is 2.28. The molecule has 0 aliphatic heterocycles. The van der Waals surface area contributed by atoms with Gasteiger partial charge in [0.25, 0.3) is 11.8 Å². The van der Waals surface area contributed by atoms with Crippen LogP contribution in [0.5, 0.6) is 5.75 Å². The van der Waals surface area contributed by atoms with Crippen molar-refractivity contribution in [2.45, 2.75) is 6.92 Å². The average Bonchev–Trinajstić information content (AvgIpc) is 2.63. The van der Waals surface area contributed by atoms with E-state index in [1.54, 1.807) is 56.6 Å². The van der Waals surface area contributed by atoms with Gasteiger partial charge in [-0.3, -0.25) is 14.9 Å². The summed E-state index contributed by atoms with van der Waals surface area (Å²) < 4.78 is 6.24. The van der Waals surface area contributed by atoms with Gasteiger partial charge in [0.2, 0.25) is 0 Å². The maximum Gasteiger partial charge on any atom is 0.261 e. The topological polar surface area (TPSA) is 70.7 Å². The molecule has 0 unspecified atom stereocenters. The summed E-state index contributed by atoms with van der Waals surface area (Å²) in [5.41, 5.74) is 1.32. The van der Waals surface area contributed by atoms with Crippen LogP contribution in [0.2, 0.25) is 0 Å². The first-order chi connectivity index (χ1) is 12.8. The zero-order chi connectivity index (χ0) is 20.0. The molecule has 0 aliphatic carbocycles. The second-order valence-corrected chi connectivity index (χ2v) is 7.05. The molecule has 8 heteroatoms. The quantitative estimate of drug-likeness (QED) is 0.681. The summed E-state index contributed by atoms with van der Waals surface area (Å²) in [6.07, 6.45) is 0. The maximum absolute atomic E-state index is 12.6. The standard InChI is InChI=1S/C19H20BrN3O3S/c1-4-26-16-10-9-12(20)11-14(16)17(24)22-19(27)21-15-8-6-5-7-13(15)18(25)23(2)3/h5-11H,4H2,1-3H3,(H2,21,22,24,27). The number of hydrogen-bond acceptors (Lipinski definition) is 4. The van der Waals surface area contributed by atoms with E-state index in [0.29, 0.717) is 29.2 Å². The first kappa shape index (κ1) is 20.9. The predicted molar refractivity (Wildman–Crippen MR) is 113 cm³/mol. The highest BCUT2D eigenvalue weighted by molar-refractivity contribution is 9.10. The van der Waals surface area contributed by atoms with Gasteiger partial charge in [0, 0.05) is 18.6 Å². The monoisotopic (exact) mass is 449 g/mol. The molecular formula is C19H20BrN3O3S. The second-order valence-electron chi connectivity index (χ2n) is 5.73. The summed E-state index contributed by atoms with van der Waals surface area (Å²) in [5.74, 6) is -0.115. The van der Waals surface area contributed by atoms with E-state index in [4.69, 9.17) is 17.0 Å². The van der Waals surface area contributed by atoms with Crippen molar-refractivity contribution in [3.63, 3.8) is 0 Å². The first-order valence-electron chi connectivity index (χ1n) is 8.18. The molecule has 142 valence electrons. The number of halogens is 1. The summed E-state index contributed by atoms with van der Waals surface area (Å²) in [4.78, 5) is 26.4. The van der Waals surface area contributed by atoms with Crippen molar-refractivity contribution in [1.82, 2.24) is 10.2 Å². The largest absolute Gasteiger partial charge is 0.493 e. The molecular weight excluding hydrogens is 430 g/mol. The summed E-state index contributed by atoms with van der Waals surface area (Å²) >= 11 is 8.59. The molecule has 6 nitrogen and oxygen atoms in total. The van der Waals surface area contributed by atoms with E-state index in [9.17, 15) is 9.59 Å². The van der Waals surface area contributed by atoms with Crippen LogP contribution >= 0.6 is 28.1 Å². The normalized spacial score (nSPS) is 10.1. The minimum absolute atomic E-state index is 0.0847. The number of carbonyl (C=O) groups excluding carboxylic acids is 2. The third kappa shape index (κ3) is 5.51. The summed E-state index contributed by atoms with van der Waals surface area (Å²) in [6, 6.07) is 12.1. The molecule has 0 saturated heterocycles. The minimum atomic E-state index is -0.409. The number of rotatable bonds is 5. The number of ether oxygens (including phenoxy) is 1. The van der Waals surface area contributed by atoms with Gasteiger partial charge in [-0.1, -0.05) is 28.1 Å². The highest BCUT2D eigenvalue weighted by Crippen LogP contribution is 2.23. The molecule has 0 saturated carbocycles. The molecule has 2 aromatic rings. The van der Waals surface area contributed by atoms with Crippen molar-refractivity contribution < 1.29 is 14.3 Å². The molecule has 2 aromatic carbocycles. The molecule has 0 heterocycles. The minimum Gasteiger partial charge on any atom is -0.493 e. The SMILES string of the molecule is CCOc1ccc(Br)cc1C(=O)NC(=S)Nc1ccccc1C(=O)N(C)C. The van der Waals surface area contributed by atoms with E-state index in [1.165, 1.54) is 4.90 Å². The number of carbonyl (C=O) groups is 2. The van der Waals surface area contributed by atoms with E-state index in [0.717, 1.165) is 4.47 Å². The van der Waals surface area contributed by atoms with E-state index in [2.05, 4.69) is 26.6 Å². The number of amides is 2. The third-order valence-electron chi connectivity index (χ3n) is 3.52. The molecule has 2 amide bonds. The molecule has 0 bridgehead atoms. The van der Waals surface area contributed by atoms with Gasteiger partial charge in [-0.25, -0.2) is 0 Å². The number of benzene rings is 2. The van der Waals surface area contributed by atoms with Crippen LogP contribution in [0, 0.1) is 0 Å². The Labute approximate surface area is 172 Å². The molecule has 27 heavy (non-hydrogen) atoms. The lowest BCUT2D eigenvalue weighted by atomic mass is 10.1. The third-order valence-corrected chi connectivity index (χ3v) is 4.22. The Hall–Kier alpha value is -2.45. The van der Waals surface area contributed by atoms with E-state index in [1.807, 2.05) is 6.92 Å². The lowest BCUT2D eigenvalue weighted by Gasteiger charge is -2.16. The smallest absolute Gasteiger partial charge is 0.261 e. The Kier molecular flexibility index (Phi) is 7.32. The van der Waals surface area contributed by atoms with Gasteiger partial charge in [0.05, 0.1) is 23.4 Å². The molecule has 2 N–H and O–H groups in total. The van der Waals surface area contributed by atoms with Crippen LogP contribution in [0.4, 0.5) is 5.69 Å². The number of nitrogens with zero attached hydrogens (tertiary/aromatic N) is 1. The molecule has 0 aromatic heterocycles. The predicted octanol–water partition coefficient (Wildman–Crippen LogP) is 3.68. The van der Waals surface area contributed by atoms with Crippen LogP contribution < -0.4 is 15.4 Å². The Morgan fingerprint density at radius 2 is 1.85 bits per heavy atom. The van der Waals surface area contributed by atoms with Gasteiger partial charge in [-0.2, -0.15) is 0 Å². The number of nitrogens with one attached hydrogen (secondary N) is 2. The fourth-order valence-electron chi connectivity index (χ4n) is 2.30. The molecule has 0 aliphatic rings. The van der Waals surface area contributed by atoms with Crippen molar-refractivity contribution >= 4 is 50.8 Å². The van der Waals surface area contributed by atoms with Gasteiger partial charge in [0.15, 0.2) is 5.11 Å². The Morgan fingerprint density at radius 3 is 2.52 bits per heavy atom. The molecule has 0 spiro atoms. The highest BCUT2D eigenvalue weighted by Gasteiger charge is 2.17. The van der Waals surface area contributed by atoms with Gasteiger partial charge in [0.1, 0.15) is 5.75 Å². The van der Waals surface area contributed by atoms with Crippen molar-refractivity contribution in [3.8, 4) is 5.75 Å². The first-order valence-corrected chi connectivity index (χ1v) is 9.39. The fourth-order valence-corrected chi connectivity index (χ4v) is 2.87. The fraction of sp³-hybridized carbons (Fsp3) is 0.211. The van der Waals surface area contributed by atoms with Gasteiger partial charge < -0.3 is 15.0 Å². The Balaban J connectivity index is 2.17. The summed E-state index contributed by atoms with van der Waals surface area (Å²) in [5, 5.41) is 5.62. The Bertz CT molecular complexity index is 871. The van der Waals surface area contributed by atoms with Gasteiger partial charge in [-0.05, 0) is 49.5 Å². The highest BCUT2D eigenvalue weighted by atomic mass is 79.9. The lowest BCUT2D eigenvalue weighted by molar-refractivity contribution is 0.0828. The average molecular weight is 450 g/mol. The van der Waals surface area contributed by atoms with Crippen LogP contribution in [0.25, 0.3) is 0 Å². The van der Waals surface area contributed by atoms with Gasteiger partial charge in [-0.15, -0.1) is 0 Å². The number of hydrogen-bond donors (Lipinski definition) is 2. The van der Waals surface area contributed by atoms with Crippen molar-refractivity contribution in [1.29, 1.82) is 0 Å². The van der Waals surface area contributed by atoms with Crippen LogP contribution in [0.3, 0.4) is 0 Å². The molecule has 2 rings (SSSR count).